The lowest BCUT2D eigenvalue weighted by molar-refractivity contribution is -0.0720. The van der Waals surface area contributed by atoms with Gasteiger partial charge < -0.3 is 18.9 Å². The van der Waals surface area contributed by atoms with E-state index in [2.05, 4.69) is 0 Å². The summed E-state index contributed by atoms with van der Waals surface area (Å²) in [5.41, 5.74) is -0.0897. The Morgan fingerprint density at radius 2 is 1.95 bits per heavy atom. The van der Waals surface area contributed by atoms with E-state index in [0.717, 1.165) is 6.07 Å². The molecule has 0 bridgehead atoms. The number of carbonyl (C=O) groups excluding carboxylic acids is 1. The number of carbonyl (C=O) groups is 1. The molecule has 19 heavy (non-hydrogen) atoms. The van der Waals surface area contributed by atoms with E-state index in [1.54, 1.807) is 0 Å². The molecule has 5 nitrogen and oxygen atoms in total. The summed E-state index contributed by atoms with van der Waals surface area (Å²) in [5.74, 6) is -0.601. The minimum atomic E-state index is -0.777. The predicted octanol–water partition coefficient (Wildman–Crippen LogP) is 1.44. The van der Waals surface area contributed by atoms with Gasteiger partial charge in [0.15, 0.2) is 17.3 Å². The Morgan fingerprint density at radius 1 is 1.26 bits per heavy atom. The van der Waals surface area contributed by atoms with E-state index < -0.39 is 17.7 Å². The van der Waals surface area contributed by atoms with Gasteiger partial charge in [-0.1, -0.05) is 0 Å². The summed E-state index contributed by atoms with van der Waals surface area (Å²) in [6.45, 7) is 0.899. The van der Waals surface area contributed by atoms with Gasteiger partial charge in [-0.05, 0) is 6.07 Å². The number of halogens is 1. The molecule has 1 saturated heterocycles. The average molecular weight is 270 g/mol. The second-order valence-corrected chi connectivity index (χ2v) is 3.99. The number of ether oxygens (including phenoxy) is 4. The molecule has 0 radical (unpaired) electrons. The smallest absolute Gasteiger partial charge is 0.197 e. The highest BCUT2D eigenvalue weighted by atomic mass is 19.1. The number of hydrogen-bond donors (Lipinski definition) is 0. The van der Waals surface area contributed by atoms with Crippen molar-refractivity contribution < 1.29 is 28.1 Å². The Labute approximate surface area is 110 Å². The third-order valence-electron chi connectivity index (χ3n) is 2.85. The van der Waals surface area contributed by atoms with Crippen LogP contribution in [0.4, 0.5) is 4.39 Å². The third-order valence-corrected chi connectivity index (χ3v) is 2.85. The fourth-order valence-corrected chi connectivity index (χ4v) is 1.86. The molecule has 1 aromatic carbocycles. The van der Waals surface area contributed by atoms with E-state index in [4.69, 9.17) is 18.9 Å². The van der Waals surface area contributed by atoms with Gasteiger partial charge >= 0.3 is 0 Å². The average Bonchev–Trinajstić information content (AvgIpc) is 2.47. The quantitative estimate of drug-likeness (QED) is 0.775. The van der Waals surface area contributed by atoms with Crippen molar-refractivity contribution in [2.75, 3.05) is 34.0 Å². The van der Waals surface area contributed by atoms with Crippen LogP contribution >= 0.6 is 0 Å². The van der Waals surface area contributed by atoms with Gasteiger partial charge in [-0.3, -0.25) is 4.79 Å². The van der Waals surface area contributed by atoms with Gasteiger partial charge in [-0.25, -0.2) is 4.39 Å². The van der Waals surface area contributed by atoms with Gasteiger partial charge in [0.25, 0.3) is 0 Å². The summed E-state index contributed by atoms with van der Waals surface area (Å²) < 4.78 is 34.3. The molecule has 0 aliphatic carbocycles. The van der Waals surface area contributed by atoms with Crippen molar-refractivity contribution in [3.63, 3.8) is 0 Å². The van der Waals surface area contributed by atoms with Gasteiger partial charge in [0.2, 0.25) is 0 Å². The van der Waals surface area contributed by atoms with Crippen LogP contribution in [0.1, 0.15) is 10.4 Å². The Morgan fingerprint density at radius 3 is 2.53 bits per heavy atom. The van der Waals surface area contributed by atoms with Crippen molar-refractivity contribution in [1.29, 1.82) is 0 Å². The lowest BCUT2D eigenvalue weighted by atomic mass is 10.0. The van der Waals surface area contributed by atoms with Crippen LogP contribution in [0, 0.1) is 5.82 Å². The second-order valence-electron chi connectivity index (χ2n) is 3.99. The fraction of sp³-hybridized carbons (Fsp3) is 0.462. The molecule has 2 rings (SSSR count). The van der Waals surface area contributed by atoms with Crippen LogP contribution in [0.25, 0.3) is 0 Å². The first-order chi connectivity index (χ1) is 9.17. The van der Waals surface area contributed by atoms with Gasteiger partial charge in [-0.2, -0.15) is 0 Å². The zero-order valence-corrected chi connectivity index (χ0v) is 10.8. The Hall–Kier alpha value is -1.66. The molecule has 104 valence electrons. The zero-order chi connectivity index (χ0) is 13.8. The Balaban J connectivity index is 2.30. The molecule has 0 saturated carbocycles. The Bertz CT molecular complexity index is 468. The molecular formula is C13H15FO5. The summed E-state index contributed by atoms with van der Waals surface area (Å²) in [7, 11) is 2.82. The summed E-state index contributed by atoms with van der Waals surface area (Å²) in [5, 5.41) is 0. The molecule has 6 heteroatoms. The highest BCUT2D eigenvalue weighted by molar-refractivity contribution is 6.00. The monoisotopic (exact) mass is 270 g/mol. The first-order valence-electron chi connectivity index (χ1n) is 5.82. The van der Waals surface area contributed by atoms with Crippen LogP contribution in [-0.2, 0) is 9.47 Å². The molecule has 1 unspecified atom stereocenters. The molecule has 1 atom stereocenters. The second kappa shape index (κ2) is 5.99. The number of ketones is 1. The number of methoxy groups -OCH3 is 2. The fourth-order valence-electron chi connectivity index (χ4n) is 1.86. The molecule has 1 aromatic rings. The van der Waals surface area contributed by atoms with Crippen LogP contribution in [0.3, 0.4) is 0 Å². The summed E-state index contributed by atoms with van der Waals surface area (Å²) in [4.78, 5) is 12.1. The maximum atomic E-state index is 13.9. The van der Waals surface area contributed by atoms with Crippen LogP contribution in [0.15, 0.2) is 12.1 Å². The summed E-state index contributed by atoms with van der Waals surface area (Å²) >= 11 is 0. The first kappa shape index (κ1) is 13.8. The molecule has 0 N–H and O–H groups in total. The lowest BCUT2D eigenvalue weighted by Crippen LogP contribution is -2.35. The molecule has 1 aliphatic heterocycles. The number of hydrogen-bond acceptors (Lipinski definition) is 5. The van der Waals surface area contributed by atoms with E-state index >= 15 is 0 Å². The van der Waals surface area contributed by atoms with E-state index in [1.807, 2.05) is 0 Å². The maximum Gasteiger partial charge on any atom is 0.197 e. The van der Waals surface area contributed by atoms with Gasteiger partial charge in [0.05, 0.1) is 39.6 Å². The van der Waals surface area contributed by atoms with Crippen molar-refractivity contribution >= 4 is 5.78 Å². The SMILES string of the molecule is COc1cc(F)c(C(=O)C2COCCO2)cc1OC. The normalized spacial score (nSPS) is 19.0. The number of rotatable bonds is 4. The van der Waals surface area contributed by atoms with Gasteiger partial charge in [0.1, 0.15) is 11.9 Å². The summed E-state index contributed by atoms with van der Waals surface area (Å²) in [6, 6.07) is 2.43. The van der Waals surface area contributed by atoms with Crippen molar-refractivity contribution in [2.45, 2.75) is 6.10 Å². The van der Waals surface area contributed by atoms with Crippen LogP contribution in [0.5, 0.6) is 11.5 Å². The number of Topliss-reactive ketones (excluding diaryl/α,β-unsaturated/α-hetero) is 1. The zero-order valence-electron chi connectivity index (χ0n) is 10.8. The molecule has 1 fully saturated rings. The first-order valence-corrected chi connectivity index (χ1v) is 5.82. The highest BCUT2D eigenvalue weighted by Crippen LogP contribution is 2.30. The largest absolute Gasteiger partial charge is 0.493 e. The van der Waals surface area contributed by atoms with Crippen LogP contribution < -0.4 is 9.47 Å². The molecule has 1 aliphatic rings. The minimum Gasteiger partial charge on any atom is -0.493 e. The van der Waals surface area contributed by atoms with Crippen molar-refractivity contribution in [3.8, 4) is 11.5 Å². The topological polar surface area (TPSA) is 54.0 Å². The van der Waals surface area contributed by atoms with E-state index in [0.29, 0.717) is 19.0 Å². The van der Waals surface area contributed by atoms with Crippen molar-refractivity contribution in [2.24, 2.45) is 0 Å². The van der Waals surface area contributed by atoms with Crippen LogP contribution in [0.2, 0.25) is 0 Å². The minimum absolute atomic E-state index is 0.0897. The Kier molecular flexibility index (Phi) is 4.34. The van der Waals surface area contributed by atoms with Gasteiger partial charge in [0, 0.05) is 6.07 Å². The van der Waals surface area contributed by atoms with E-state index in [9.17, 15) is 9.18 Å². The molecule has 1 heterocycles. The van der Waals surface area contributed by atoms with E-state index in [-0.39, 0.29) is 17.9 Å². The van der Waals surface area contributed by atoms with E-state index in [1.165, 1.54) is 20.3 Å². The molecule has 0 aromatic heterocycles. The van der Waals surface area contributed by atoms with Gasteiger partial charge in [-0.15, -0.1) is 0 Å². The highest BCUT2D eigenvalue weighted by Gasteiger charge is 2.27. The van der Waals surface area contributed by atoms with Crippen LogP contribution in [-0.4, -0.2) is 45.9 Å². The van der Waals surface area contributed by atoms with Crippen molar-refractivity contribution in [1.82, 2.24) is 0 Å². The predicted molar refractivity (Wildman–Crippen MR) is 64.4 cm³/mol. The maximum absolute atomic E-state index is 13.9. The summed E-state index contributed by atoms with van der Waals surface area (Å²) in [6.07, 6.45) is -0.777. The lowest BCUT2D eigenvalue weighted by Gasteiger charge is -2.22. The third kappa shape index (κ3) is 2.85. The molecule has 0 amide bonds. The van der Waals surface area contributed by atoms with Crippen molar-refractivity contribution in [3.05, 3.63) is 23.5 Å². The number of benzene rings is 1. The standard InChI is InChI=1S/C13H15FO5/c1-16-10-5-8(9(14)6-11(10)17-2)13(15)12-7-18-3-4-19-12/h5-6,12H,3-4,7H2,1-2H3. The molecular weight excluding hydrogens is 255 g/mol. The molecule has 0 spiro atoms.